The normalized spacial score (nSPS) is 11.0. The van der Waals surface area contributed by atoms with Crippen LogP contribution in [0.25, 0.3) is 0 Å². The monoisotopic (exact) mass is 347 g/mol. The first-order valence-electron chi connectivity index (χ1n) is 7.28. The molecular weight excluding hydrogens is 332 g/mol. The van der Waals surface area contributed by atoms with E-state index >= 15 is 0 Å². The molecule has 1 aromatic carbocycles. The molecule has 124 valence electrons. The van der Waals surface area contributed by atoms with Crippen LogP contribution < -0.4 is 0 Å². The number of hydrogen-bond acceptors (Lipinski definition) is 4. The average Bonchev–Trinajstić information content (AvgIpc) is 2.97. The molecule has 24 heavy (non-hydrogen) atoms. The van der Waals surface area contributed by atoms with Crippen molar-refractivity contribution in [3.05, 3.63) is 77.4 Å². The third kappa shape index (κ3) is 3.80. The van der Waals surface area contributed by atoms with Gasteiger partial charge in [-0.3, -0.25) is 4.98 Å². The molecule has 0 fully saturated rings. The molecule has 0 bridgehead atoms. The number of halogens is 2. The lowest BCUT2D eigenvalue weighted by molar-refractivity contribution is 0.270. The van der Waals surface area contributed by atoms with E-state index in [1.807, 2.05) is 16.7 Å². The summed E-state index contributed by atoms with van der Waals surface area (Å²) in [6.45, 7) is 0.399. The molecule has 0 aliphatic heterocycles. The van der Waals surface area contributed by atoms with Crippen molar-refractivity contribution in [1.29, 1.82) is 0 Å². The van der Waals surface area contributed by atoms with E-state index in [1.165, 1.54) is 23.9 Å². The molecule has 2 aromatic heterocycles. The van der Waals surface area contributed by atoms with E-state index < -0.39 is 11.6 Å². The first-order valence-corrected chi connectivity index (χ1v) is 8.27. The van der Waals surface area contributed by atoms with Crippen LogP contribution in [0.1, 0.15) is 16.8 Å². The first kappa shape index (κ1) is 16.6. The molecule has 1 N–H and O–H groups in total. The Bertz CT molecular complexity index is 824. The van der Waals surface area contributed by atoms with E-state index in [0.717, 1.165) is 11.6 Å². The van der Waals surface area contributed by atoms with Crippen LogP contribution in [-0.2, 0) is 18.9 Å². The fourth-order valence-electron chi connectivity index (χ4n) is 2.25. The smallest absolute Gasteiger partial charge is 0.168 e. The SMILES string of the molecule is OCc1cnc(SCc2ccc(F)cc2F)n1Cc1ccncc1. The molecule has 0 amide bonds. The van der Waals surface area contributed by atoms with Gasteiger partial charge in [-0.25, -0.2) is 13.8 Å². The van der Waals surface area contributed by atoms with Gasteiger partial charge in [-0.15, -0.1) is 0 Å². The summed E-state index contributed by atoms with van der Waals surface area (Å²) in [5, 5.41) is 10.2. The zero-order chi connectivity index (χ0) is 16.9. The van der Waals surface area contributed by atoms with Gasteiger partial charge < -0.3 is 9.67 Å². The molecule has 0 unspecified atom stereocenters. The van der Waals surface area contributed by atoms with Gasteiger partial charge in [0.1, 0.15) is 11.6 Å². The van der Waals surface area contributed by atoms with E-state index in [2.05, 4.69) is 9.97 Å². The summed E-state index contributed by atoms with van der Waals surface area (Å²) >= 11 is 1.34. The summed E-state index contributed by atoms with van der Waals surface area (Å²) in [4.78, 5) is 8.28. The van der Waals surface area contributed by atoms with E-state index in [-0.39, 0.29) is 6.61 Å². The van der Waals surface area contributed by atoms with Gasteiger partial charge in [-0.2, -0.15) is 0 Å². The maximum atomic E-state index is 13.7. The fraction of sp³-hybridized carbons (Fsp3) is 0.176. The molecule has 0 atom stereocenters. The first-order chi connectivity index (χ1) is 11.7. The van der Waals surface area contributed by atoms with Crippen LogP contribution in [0.4, 0.5) is 8.78 Å². The largest absolute Gasteiger partial charge is 0.390 e. The number of nitrogens with zero attached hydrogens (tertiary/aromatic N) is 3. The molecular formula is C17H15F2N3OS. The Labute approximate surface area is 142 Å². The zero-order valence-corrected chi connectivity index (χ0v) is 13.5. The van der Waals surface area contributed by atoms with E-state index in [9.17, 15) is 13.9 Å². The Kier molecular flexibility index (Phi) is 5.22. The van der Waals surface area contributed by atoms with Crippen molar-refractivity contribution in [2.75, 3.05) is 0 Å². The lowest BCUT2D eigenvalue weighted by atomic mass is 10.2. The van der Waals surface area contributed by atoms with Gasteiger partial charge in [0.25, 0.3) is 0 Å². The molecule has 3 rings (SSSR count). The highest BCUT2D eigenvalue weighted by Crippen LogP contribution is 2.25. The van der Waals surface area contributed by atoms with E-state index in [1.54, 1.807) is 18.6 Å². The maximum Gasteiger partial charge on any atom is 0.168 e. The minimum Gasteiger partial charge on any atom is -0.390 e. The second-order valence-electron chi connectivity index (χ2n) is 5.16. The number of benzene rings is 1. The topological polar surface area (TPSA) is 50.9 Å². The molecule has 4 nitrogen and oxygen atoms in total. The highest BCUT2D eigenvalue weighted by molar-refractivity contribution is 7.98. The van der Waals surface area contributed by atoms with E-state index in [0.29, 0.717) is 28.7 Å². The number of aliphatic hydroxyl groups excluding tert-OH is 1. The van der Waals surface area contributed by atoms with Crippen molar-refractivity contribution in [3.63, 3.8) is 0 Å². The Morgan fingerprint density at radius 1 is 1.12 bits per heavy atom. The third-order valence-electron chi connectivity index (χ3n) is 3.53. The maximum absolute atomic E-state index is 13.7. The Balaban J connectivity index is 1.79. The third-order valence-corrected chi connectivity index (χ3v) is 4.56. The molecule has 0 spiro atoms. The highest BCUT2D eigenvalue weighted by Gasteiger charge is 2.12. The summed E-state index contributed by atoms with van der Waals surface area (Å²) in [6, 6.07) is 7.31. The molecule has 0 radical (unpaired) electrons. The minimum absolute atomic E-state index is 0.135. The van der Waals surface area contributed by atoms with Crippen molar-refractivity contribution in [3.8, 4) is 0 Å². The molecule has 2 heterocycles. The van der Waals surface area contributed by atoms with Gasteiger partial charge >= 0.3 is 0 Å². The molecule has 0 saturated heterocycles. The quantitative estimate of drug-likeness (QED) is 0.695. The van der Waals surface area contributed by atoms with Crippen molar-refractivity contribution in [1.82, 2.24) is 14.5 Å². The second kappa shape index (κ2) is 7.55. The number of aliphatic hydroxyl groups is 1. The molecule has 3 aromatic rings. The lowest BCUT2D eigenvalue weighted by Crippen LogP contribution is -2.06. The van der Waals surface area contributed by atoms with Gasteiger partial charge in [-0.05, 0) is 29.3 Å². The number of pyridine rings is 1. The van der Waals surface area contributed by atoms with Gasteiger partial charge in [0, 0.05) is 24.2 Å². The van der Waals surface area contributed by atoms with Crippen LogP contribution in [-0.4, -0.2) is 19.6 Å². The Morgan fingerprint density at radius 2 is 1.92 bits per heavy atom. The number of thioether (sulfide) groups is 1. The fourth-order valence-corrected chi connectivity index (χ4v) is 3.24. The number of aromatic nitrogens is 3. The molecule has 0 saturated carbocycles. The summed E-state index contributed by atoms with van der Waals surface area (Å²) in [5.74, 6) is -0.843. The van der Waals surface area contributed by atoms with Gasteiger partial charge in [0.15, 0.2) is 5.16 Å². The molecule has 0 aliphatic carbocycles. The second-order valence-corrected chi connectivity index (χ2v) is 6.10. The summed E-state index contributed by atoms with van der Waals surface area (Å²) in [7, 11) is 0. The van der Waals surface area contributed by atoms with E-state index in [4.69, 9.17) is 0 Å². The van der Waals surface area contributed by atoms with Gasteiger partial charge in [0.2, 0.25) is 0 Å². The minimum atomic E-state index is -0.594. The summed E-state index contributed by atoms with van der Waals surface area (Å²) < 4.78 is 28.6. The van der Waals surface area contributed by atoms with Crippen LogP contribution in [0.15, 0.2) is 54.1 Å². The molecule has 0 aliphatic rings. The van der Waals surface area contributed by atoms with Crippen LogP contribution in [0.2, 0.25) is 0 Å². The number of hydrogen-bond donors (Lipinski definition) is 1. The van der Waals surface area contributed by atoms with Crippen LogP contribution in [0, 0.1) is 11.6 Å². The average molecular weight is 347 g/mol. The number of rotatable bonds is 6. The van der Waals surface area contributed by atoms with Crippen molar-refractivity contribution < 1.29 is 13.9 Å². The Hall–Kier alpha value is -2.25. The predicted molar refractivity (Wildman–Crippen MR) is 87.4 cm³/mol. The van der Waals surface area contributed by atoms with Crippen LogP contribution in [0.5, 0.6) is 0 Å². The number of imidazole rings is 1. The van der Waals surface area contributed by atoms with Crippen molar-refractivity contribution in [2.45, 2.75) is 24.1 Å². The Morgan fingerprint density at radius 3 is 2.62 bits per heavy atom. The van der Waals surface area contributed by atoms with Crippen molar-refractivity contribution >= 4 is 11.8 Å². The van der Waals surface area contributed by atoms with Gasteiger partial charge in [-0.1, -0.05) is 17.8 Å². The van der Waals surface area contributed by atoms with Crippen molar-refractivity contribution in [2.24, 2.45) is 0 Å². The van der Waals surface area contributed by atoms with Crippen LogP contribution >= 0.6 is 11.8 Å². The summed E-state index contributed by atoms with van der Waals surface area (Å²) in [5.41, 5.74) is 2.10. The van der Waals surface area contributed by atoms with Crippen LogP contribution in [0.3, 0.4) is 0 Å². The van der Waals surface area contributed by atoms with Gasteiger partial charge in [0.05, 0.1) is 25.0 Å². The molecule has 7 heteroatoms. The lowest BCUT2D eigenvalue weighted by Gasteiger charge is -2.11. The zero-order valence-electron chi connectivity index (χ0n) is 12.7. The summed E-state index contributed by atoms with van der Waals surface area (Å²) in [6.07, 6.45) is 5.00. The highest BCUT2D eigenvalue weighted by atomic mass is 32.2. The standard InChI is InChI=1S/C17H15F2N3OS/c18-14-2-1-13(16(19)7-14)11-24-17-21-8-15(10-23)22(17)9-12-3-5-20-6-4-12/h1-8,23H,9-11H2. The predicted octanol–water partition coefficient (Wildman–Crippen LogP) is 3.39.